The van der Waals surface area contributed by atoms with E-state index in [1.165, 1.54) is 12.1 Å². The fraction of sp³-hybridized carbons (Fsp3) is 0.318. The Morgan fingerprint density at radius 3 is 2.73 bits per heavy atom. The zero-order valence-electron chi connectivity index (χ0n) is 16.6. The van der Waals surface area contributed by atoms with Crippen molar-refractivity contribution in [1.29, 1.82) is 0 Å². The summed E-state index contributed by atoms with van der Waals surface area (Å²) in [5, 5.41) is 4.36. The van der Waals surface area contributed by atoms with E-state index >= 15 is 0 Å². The van der Waals surface area contributed by atoms with Gasteiger partial charge >= 0.3 is 0 Å². The number of halogens is 2. The summed E-state index contributed by atoms with van der Waals surface area (Å²) in [6, 6.07) is 11.6. The number of aromatic nitrogens is 2. The monoisotopic (exact) mass is 429 g/mol. The third kappa shape index (κ3) is 4.46. The number of rotatable bonds is 6. The van der Waals surface area contributed by atoms with Gasteiger partial charge in [-0.2, -0.15) is 4.98 Å². The Morgan fingerprint density at radius 1 is 1.27 bits per heavy atom. The number of carbonyl (C=O) groups excluding carboxylic acids is 1. The summed E-state index contributed by atoms with van der Waals surface area (Å²) >= 11 is 6.09. The van der Waals surface area contributed by atoms with Gasteiger partial charge in [-0.1, -0.05) is 22.8 Å². The van der Waals surface area contributed by atoms with Crippen LogP contribution in [0.1, 0.15) is 37.6 Å². The average Bonchev–Trinajstić information content (AvgIpc) is 3.31. The zero-order valence-corrected chi connectivity index (χ0v) is 17.4. The maximum Gasteiger partial charge on any atom is 0.232 e. The van der Waals surface area contributed by atoms with Crippen LogP contribution < -0.4 is 4.74 Å². The summed E-state index contributed by atoms with van der Waals surface area (Å²) in [6.07, 6.45) is 0.377. The van der Waals surface area contributed by atoms with Crippen LogP contribution in [0.5, 0.6) is 5.75 Å². The molecule has 1 atom stereocenters. The molecule has 4 rings (SSSR count). The molecule has 0 bridgehead atoms. The maximum atomic E-state index is 13.2. The number of likely N-dealkylation sites (tertiary alicyclic amines) is 1. The molecule has 2 heterocycles. The lowest BCUT2D eigenvalue weighted by molar-refractivity contribution is -0.128. The number of nitrogens with zero attached hydrogens (tertiary/aromatic N) is 3. The van der Waals surface area contributed by atoms with Crippen LogP contribution in [0.2, 0.25) is 5.02 Å². The fourth-order valence-electron chi connectivity index (χ4n) is 3.42. The molecule has 1 aliphatic rings. The van der Waals surface area contributed by atoms with Crippen LogP contribution in [0.25, 0.3) is 11.4 Å². The van der Waals surface area contributed by atoms with E-state index in [1.54, 1.807) is 11.0 Å². The van der Waals surface area contributed by atoms with Crippen LogP contribution in [0.4, 0.5) is 4.39 Å². The van der Waals surface area contributed by atoms with Crippen molar-refractivity contribution < 1.29 is 18.4 Å². The highest BCUT2D eigenvalue weighted by Crippen LogP contribution is 2.31. The van der Waals surface area contributed by atoms with Gasteiger partial charge < -0.3 is 14.2 Å². The van der Waals surface area contributed by atoms with Gasteiger partial charge in [-0.25, -0.2) is 4.39 Å². The highest BCUT2D eigenvalue weighted by Gasteiger charge is 2.34. The van der Waals surface area contributed by atoms with Crippen LogP contribution in [-0.4, -0.2) is 33.6 Å². The van der Waals surface area contributed by atoms with E-state index in [2.05, 4.69) is 10.1 Å². The van der Waals surface area contributed by atoms with Gasteiger partial charge in [0.05, 0.1) is 12.0 Å². The Hall–Kier alpha value is -2.93. The number of hydrogen-bond donors (Lipinski definition) is 0. The van der Waals surface area contributed by atoms with E-state index in [9.17, 15) is 9.18 Å². The SMILES string of the molecule is CC(C)Oc1ccc(-c2noc(C3CC(=O)N(Cc4ccc(F)cc4Cl)C3)n2)cc1. The van der Waals surface area contributed by atoms with E-state index in [0.29, 0.717) is 35.4 Å². The zero-order chi connectivity index (χ0) is 21.3. The second-order valence-corrected chi connectivity index (χ2v) is 7.97. The minimum Gasteiger partial charge on any atom is -0.491 e. The molecule has 0 radical (unpaired) electrons. The Kier molecular flexibility index (Phi) is 5.72. The highest BCUT2D eigenvalue weighted by atomic mass is 35.5. The molecule has 0 spiro atoms. The Bertz CT molecular complexity index is 1050. The van der Waals surface area contributed by atoms with Crippen molar-refractivity contribution in [3.05, 3.63) is 64.8 Å². The number of hydrogen-bond acceptors (Lipinski definition) is 5. The first-order chi connectivity index (χ1) is 14.4. The molecule has 2 aromatic carbocycles. The van der Waals surface area contributed by atoms with E-state index in [0.717, 1.165) is 11.3 Å². The van der Waals surface area contributed by atoms with Gasteiger partial charge in [0.1, 0.15) is 11.6 Å². The lowest BCUT2D eigenvalue weighted by atomic mass is 10.1. The molecule has 0 saturated carbocycles. The van der Waals surface area contributed by atoms with Gasteiger partial charge in [-0.05, 0) is 55.8 Å². The minimum atomic E-state index is -0.406. The molecule has 1 unspecified atom stereocenters. The van der Waals surface area contributed by atoms with Crippen molar-refractivity contribution in [1.82, 2.24) is 15.0 Å². The predicted molar refractivity (Wildman–Crippen MR) is 110 cm³/mol. The first kappa shape index (κ1) is 20.3. The van der Waals surface area contributed by atoms with Crippen LogP contribution >= 0.6 is 11.6 Å². The maximum absolute atomic E-state index is 13.2. The quantitative estimate of drug-likeness (QED) is 0.561. The summed E-state index contributed by atoms with van der Waals surface area (Å²) in [4.78, 5) is 18.6. The van der Waals surface area contributed by atoms with Gasteiger partial charge in [-0.15, -0.1) is 0 Å². The minimum absolute atomic E-state index is 0.0321. The number of ether oxygens (including phenoxy) is 1. The Morgan fingerprint density at radius 2 is 2.03 bits per heavy atom. The van der Waals surface area contributed by atoms with Crippen molar-refractivity contribution in [2.24, 2.45) is 0 Å². The van der Waals surface area contributed by atoms with Crippen molar-refractivity contribution in [3.8, 4) is 17.1 Å². The van der Waals surface area contributed by atoms with Crippen LogP contribution in [0.3, 0.4) is 0 Å². The highest BCUT2D eigenvalue weighted by molar-refractivity contribution is 6.31. The number of benzene rings is 2. The average molecular weight is 430 g/mol. The molecule has 1 fully saturated rings. The van der Waals surface area contributed by atoms with Gasteiger partial charge in [-0.3, -0.25) is 4.79 Å². The molecule has 0 aliphatic carbocycles. The van der Waals surface area contributed by atoms with E-state index in [-0.39, 0.29) is 24.3 Å². The molecule has 3 aromatic rings. The second kappa shape index (κ2) is 8.44. The van der Waals surface area contributed by atoms with E-state index in [1.807, 2.05) is 38.1 Å². The Balaban J connectivity index is 1.44. The molecule has 1 aliphatic heterocycles. The third-order valence-electron chi connectivity index (χ3n) is 4.87. The number of carbonyl (C=O) groups is 1. The first-order valence-corrected chi connectivity index (χ1v) is 10.1. The second-order valence-electron chi connectivity index (χ2n) is 7.56. The van der Waals surface area contributed by atoms with E-state index < -0.39 is 5.82 Å². The molecular formula is C22H21ClFN3O3. The Labute approximate surface area is 178 Å². The summed E-state index contributed by atoms with van der Waals surface area (Å²) in [7, 11) is 0. The van der Waals surface area contributed by atoms with Gasteiger partial charge in [0.25, 0.3) is 0 Å². The molecule has 0 N–H and O–H groups in total. The standard InChI is InChI=1S/C22H21ClFN3O3/c1-13(2)29-18-7-4-14(5-8-18)21-25-22(30-26-21)16-9-20(28)27(12-16)11-15-3-6-17(24)10-19(15)23/h3-8,10,13,16H,9,11-12H2,1-2H3. The van der Waals surface area contributed by atoms with Gasteiger partial charge in [0, 0.05) is 30.1 Å². The molecule has 30 heavy (non-hydrogen) atoms. The normalized spacial score (nSPS) is 16.5. The van der Waals surface area contributed by atoms with Crippen LogP contribution in [-0.2, 0) is 11.3 Å². The summed E-state index contributed by atoms with van der Waals surface area (Å²) in [5.41, 5.74) is 1.50. The molecule has 1 saturated heterocycles. The summed E-state index contributed by atoms with van der Waals surface area (Å²) in [5.74, 6) is 1.03. The molecule has 156 valence electrons. The lowest BCUT2D eigenvalue weighted by Gasteiger charge is -2.17. The smallest absolute Gasteiger partial charge is 0.232 e. The van der Waals surface area contributed by atoms with E-state index in [4.69, 9.17) is 20.9 Å². The third-order valence-corrected chi connectivity index (χ3v) is 5.22. The molecule has 8 heteroatoms. The van der Waals surface area contributed by atoms with Crippen LogP contribution in [0, 0.1) is 5.82 Å². The van der Waals surface area contributed by atoms with Gasteiger partial charge in [0.15, 0.2) is 0 Å². The van der Waals surface area contributed by atoms with Crippen molar-refractivity contribution >= 4 is 17.5 Å². The first-order valence-electron chi connectivity index (χ1n) is 9.71. The van der Waals surface area contributed by atoms with Crippen molar-refractivity contribution in [2.75, 3.05) is 6.54 Å². The molecule has 1 aromatic heterocycles. The topological polar surface area (TPSA) is 68.5 Å². The molecule has 6 nitrogen and oxygen atoms in total. The van der Waals surface area contributed by atoms with Crippen molar-refractivity contribution in [2.45, 2.75) is 38.8 Å². The molecular weight excluding hydrogens is 409 g/mol. The van der Waals surface area contributed by atoms with Gasteiger partial charge in [0.2, 0.25) is 17.6 Å². The largest absolute Gasteiger partial charge is 0.491 e. The summed E-state index contributed by atoms with van der Waals surface area (Å²) < 4.78 is 24.3. The number of amides is 1. The lowest BCUT2D eigenvalue weighted by Crippen LogP contribution is -2.24. The van der Waals surface area contributed by atoms with Crippen molar-refractivity contribution in [3.63, 3.8) is 0 Å². The fourth-order valence-corrected chi connectivity index (χ4v) is 3.65. The predicted octanol–water partition coefficient (Wildman–Crippen LogP) is 4.83. The molecule has 1 amide bonds. The van der Waals surface area contributed by atoms with Crippen LogP contribution in [0.15, 0.2) is 47.0 Å². The summed E-state index contributed by atoms with van der Waals surface area (Å²) in [6.45, 7) is 4.69.